The molecule has 8 heteroatoms. The Hall–Kier alpha value is -2.64. The van der Waals surface area contributed by atoms with Gasteiger partial charge in [-0.15, -0.1) is 10.1 Å². The Morgan fingerprint density at radius 3 is 2.41 bits per heavy atom. The first-order valence-corrected chi connectivity index (χ1v) is 4.29. The van der Waals surface area contributed by atoms with E-state index in [4.69, 9.17) is 5.11 Å². The van der Waals surface area contributed by atoms with Gasteiger partial charge in [0.25, 0.3) is 5.09 Å². The van der Waals surface area contributed by atoms with Crippen molar-refractivity contribution in [2.45, 2.75) is 6.92 Å². The summed E-state index contributed by atoms with van der Waals surface area (Å²) < 4.78 is 4.61. The van der Waals surface area contributed by atoms with Crippen LogP contribution in [0.25, 0.3) is 0 Å². The number of carboxylic acid groups (broad SMARTS) is 1. The molecule has 0 amide bonds. The van der Waals surface area contributed by atoms with Crippen LogP contribution in [0.2, 0.25) is 0 Å². The standard InChI is InChI=1S/C9H7NO7/c1-5(11)16-6-3-2-4-7(17-10(14)15)8(6)9(12)13/h2-4H,1H3,(H,12,13). The topological polar surface area (TPSA) is 116 Å². The van der Waals surface area contributed by atoms with Crippen molar-refractivity contribution in [1.82, 2.24) is 0 Å². The third-order valence-electron chi connectivity index (χ3n) is 1.63. The SMILES string of the molecule is CC(=O)Oc1cccc(O[N+](=O)[O-])c1C(=O)O. The van der Waals surface area contributed by atoms with Crippen LogP contribution in [0.15, 0.2) is 18.2 Å². The van der Waals surface area contributed by atoms with E-state index in [0.29, 0.717) is 0 Å². The number of nitrogens with zero attached hydrogens (tertiary/aromatic N) is 1. The molecule has 0 fully saturated rings. The third kappa shape index (κ3) is 3.16. The van der Waals surface area contributed by atoms with Crippen LogP contribution in [-0.2, 0) is 4.79 Å². The number of carbonyl (C=O) groups is 2. The zero-order valence-corrected chi connectivity index (χ0v) is 8.58. The van der Waals surface area contributed by atoms with Crippen LogP contribution in [0.5, 0.6) is 11.5 Å². The number of benzene rings is 1. The van der Waals surface area contributed by atoms with Crippen molar-refractivity contribution in [2.24, 2.45) is 0 Å². The smallest absolute Gasteiger partial charge is 0.341 e. The highest BCUT2D eigenvalue weighted by Gasteiger charge is 2.20. The first-order chi connectivity index (χ1) is 7.91. The van der Waals surface area contributed by atoms with E-state index in [9.17, 15) is 19.7 Å². The molecule has 0 heterocycles. The van der Waals surface area contributed by atoms with E-state index in [0.717, 1.165) is 13.0 Å². The summed E-state index contributed by atoms with van der Waals surface area (Å²) in [7, 11) is 0. The lowest BCUT2D eigenvalue weighted by Gasteiger charge is -2.08. The Morgan fingerprint density at radius 2 is 1.94 bits per heavy atom. The molecule has 1 N–H and O–H groups in total. The van der Waals surface area contributed by atoms with Gasteiger partial charge in [-0.05, 0) is 12.1 Å². The van der Waals surface area contributed by atoms with Crippen LogP contribution in [-0.4, -0.2) is 22.1 Å². The van der Waals surface area contributed by atoms with E-state index < -0.39 is 28.3 Å². The molecule has 0 spiro atoms. The van der Waals surface area contributed by atoms with E-state index in [-0.39, 0.29) is 5.75 Å². The summed E-state index contributed by atoms with van der Waals surface area (Å²) in [6, 6.07) is 3.54. The predicted octanol–water partition coefficient (Wildman–Crippen LogP) is 0.881. The minimum absolute atomic E-state index is 0.315. The second-order valence-electron chi connectivity index (χ2n) is 2.84. The molecular weight excluding hydrogens is 234 g/mol. The minimum atomic E-state index is -1.50. The Bertz CT molecular complexity index is 448. The van der Waals surface area contributed by atoms with Crippen molar-refractivity contribution in [1.29, 1.82) is 0 Å². The van der Waals surface area contributed by atoms with Crippen molar-refractivity contribution in [2.75, 3.05) is 0 Å². The van der Waals surface area contributed by atoms with Crippen molar-refractivity contribution in [3.05, 3.63) is 33.9 Å². The monoisotopic (exact) mass is 241 g/mol. The predicted molar refractivity (Wildman–Crippen MR) is 52.3 cm³/mol. The van der Waals surface area contributed by atoms with Crippen LogP contribution in [0.1, 0.15) is 17.3 Å². The van der Waals surface area contributed by atoms with E-state index in [1.165, 1.54) is 12.1 Å². The lowest BCUT2D eigenvalue weighted by Crippen LogP contribution is -2.12. The number of rotatable bonds is 4. The zero-order valence-electron chi connectivity index (χ0n) is 8.58. The number of esters is 1. The van der Waals surface area contributed by atoms with Gasteiger partial charge in [0.15, 0.2) is 0 Å². The van der Waals surface area contributed by atoms with Crippen LogP contribution in [0.3, 0.4) is 0 Å². The summed E-state index contributed by atoms with van der Waals surface area (Å²) in [4.78, 5) is 35.9. The van der Waals surface area contributed by atoms with Crippen molar-refractivity contribution in [3.8, 4) is 11.5 Å². The van der Waals surface area contributed by atoms with Gasteiger partial charge in [0.1, 0.15) is 17.1 Å². The molecule has 0 unspecified atom stereocenters. The average Bonchev–Trinajstić information content (AvgIpc) is 2.14. The van der Waals surface area contributed by atoms with Crippen molar-refractivity contribution >= 4 is 11.9 Å². The fraction of sp³-hybridized carbons (Fsp3) is 0.111. The maximum Gasteiger partial charge on any atom is 0.341 e. The Balaban J connectivity index is 3.26. The molecule has 0 aliphatic carbocycles. The first-order valence-electron chi connectivity index (χ1n) is 4.29. The highest BCUT2D eigenvalue weighted by Crippen LogP contribution is 2.28. The van der Waals surface area contributed by atoms with Gasteiger partial charge in [0.2, 0.25) is 0 Å². The van der Waals surface area contributed by atoms with Crippen molar-refractivity contribution < 1.29 is 29.4 Å². The fourth-order valence-electron chi connectivity index (χ4n) is 1.12. The molecule has 0 saturated carbocycles. The second kappa shape index (κ2) is 4.92. The Kier molecular flexibility index (Phi) is 3.60. The fourth-order valence-corrected chi connectivity index (χ4v) is 1.12. The molecule has 0 atom stereocenters. The van der Waals surface area contributed by atoms with Gasteiger partial charge in [0, 0.05) is 6.92 Å². The summed E-state index contributed by atoms with van der Waals surface area (Å²) >= 11 is 0. The summed E-state index contributed by atoms with van der Waals surface area (Å²) in [5, 5.41) is 17.9. The Labute approximate surface area is 94.5 Å². The highest BCUT2D eigenvalue weighted by atomic mass is 17.0. The molecule has 0 bridgehead atoms. The zero-order chi connectivity index (χ0) is 13.0. The van der Waals surface area contributed by atoms with Crippen molar-refractivity contribution in [3.63, 3.8) is 0 Å². The van der Waals surface area contributed by atoms with E-state index in [1.807, 2.05) is 0 Å². The van der Waals surface area contributed by atoms with Gasteiger partial charge < -0.3 is 9.84 Å². The number of aromatic carboxylic acids is 1. The maximum atomic E-state index is 10.9. The number of hydrogen-bond donors (Lipinski definition) is 1. The average molecular weight is 241 g/mol. The molecule has 0 aromatic heterocycles. The summed E-state index contributed by atoms with van der Waals surface area (Å²) in [6.45, 7) is 1.08. The lowest BCUT2D eigenvalue weighted by molar-refractivity contribution is -0.711. The van der Waals surface area contributed by atoms with Gasteiger partial charge in [-0.3, -0.25) is 9.63 Å². The molecule has 0 aliphatic rings. The summed E-state index contributed by atoms with van der Waals surface area (Å²) in [6.07, 6.45) is 0. The molecule has 0 saturated heterocycles. The summed E-state index contributed by atoms with van der Waals surface area (Å²) in [5.74, 6) is -3.07. The molecule has 90 valence electrons. The Morgan fingerprint density at radius 1 is 1.35 bits per heavy atom. The molecule has 17 heavy (non-hydrogen) atoms. The minimum Gasteiger partial charge on any atom is -0.477 e. The largest absolute Gasteiger partial charge is 0.477 e. The van der Waals surface area contributed by atoms with Gasteiger partial charge in [-0.2, -0.15) is 0 Å². The van der Waals surface area contributed by atoms with Crippen LogP contribution in [0.4, 0.5) is 0 Å². The number of ether oxygens (including phenoxy) is 1. The molecule has 1 rings (SSSR count). The number of carboxylic acids is 1. The van der Waals surface area contributed by atoms with E-state index in [2.05, 4.69) is 9.57 Å². The molecule has 0 aliphatic heterocycles. The molecule has 1 aromatic rings. The van der Waals surface area contributed by atoms with Gasteiger partial charge in [-0.25, -0.2) is 4.79 Å². The molecule has 1 aromatic carbocycles. The van der Waals surface area contributed by atoms with Crippen LogP contribution in [0, 0.1) is 10.1 Å². The highest BCUT2D eigenvalue weighted by molar-refractivity contribution is 5.95. The van der Waals surface area contributed by atoms with E-state index >= 15 is 0 Å². The third-order valence-corrected chi connectivity index (χ3v) is 1.63. The lowest BCUT2D eigenvalue weighted by atomic mass is 10.2. The molecule has 0 radical (unpaired) electrons. The van der Waals surface area contributed by atoms with Gasteiger partial charge in [-0.1, -0.05) is 6.07 Å². The van der Waals surface area contributed by atoms with Crippen LogP contribution >= 0.6 is 0 Å². The normalized spacial score (nSPS) is 9.47. The van der Waals surface area contributed by atoms with Crippen LogP contribution < -0.4 is 9.57 Å². The summed E-state index contributed by atoms with van der Waals surface area (Å²) in [5.41, 5.74) is -0.584. The maximum absolute atomic E-state index is 10.9. The van der Waals surface area contributed by atoms with E-state index in [1.54, 1.807) is 0 Å². The molecular formula is C9H7NO7. The van der Waals surface area contributed by atoms with Gasteiger partial charge >= 0.3 is 11.9 Å². The molecule has 8 nitrogen and oxygen atoms in total. The quantitative estimate of drug-likeness (QED) is 0.360. The second-order valence-corrected chi connectivity index (χ2v) is 2.84. The van der Waals surface area contributed by atoms with Gasteiger partial charge in [0.05, 0.1) is 0 Å². The number of carbonyl (C=O) groups excluding carboxylic acids is 1. The first kappa shape index (κ1) is 12.4. The number of hydrogen-bond acceptors (Lipinski definition) is 6.